The zero-order valence-electron chi connectivity index (χ0n) is 10.8. The monoisotopic (exact) mass is 263 g/mol. The van der Waals surface area contributed by atoms with E-state index in [2.05, 4.69) is 15.3 Å². The number of hydrogen-bond donors (Lipinski definition) is 1. The van der Waals surface area contributed by atoms with Gasteiger partial charge in [0.25, 0.3) is 0 Å². The number of aryl methyl sites for hydroxylation is 1. The number of nitrogens with one attached hydrogen (secondary N) is 1. The van der Waals surface area contributed by atoms with Gasteiger partial charge in [-0.15, -0.1) is 0 Å². The summed E-state index contributed by atoms with van der Waals surface area (Å²) in [6, 6.07) is 3.14. The largest absolute Gasteiger partial charge is 0.304 e. The first kappa shape index (κ1) is 13.5. The van der Waals surface area contributed by atoms with Crippen LogP contribution < -0.4 is 5.32 Å². The van der Waals surface area contributed by atoms with Crippen molar-refractivity contribution in [3.63, 3.8) is 0 Å². The minimum Gasteiger partial charge on any atom is -0.304 e. The third kappa shape index (κ3) is 3.54. The molecule has 1 aromatic carbocycles. The zero-order chi connectivity index (χ0) is 13.8. The molecule has 1 aromatic heterocycles. The summed E-state index contributed by atoms with van der Waals surface area (Å²) in [6.07, 6.45) is 3.33. The molecule has 0 radical (unpaired) electrons. The summed E-state index contributed by atoms with van der Waals surface area (Å²) in [7, 11) is 0. The first-order valence-electron chi connectivity index (χ1n) is 6.02. The van der Waals surface area contributed by atoms with Crippen LogP contribution in [0.3, 0.4) is 0 Å². The molecule has 0 spiro atoms. The Bertz CT molecular complexity index is 555. The van der Waals surface area contributed by atoms with Gasteiger partial charge in [0.2, 0.25) is 0 Å². The van der Waals surface area contributed by atoms with Crippen molar-refractivity contribution < 1.29 is 8.78 Å². The first-order valence-corrected chi connectivity index (χ1v) is 6.02. The number of aromatic nitrogens is 2. The Morgan fingerprint density at radius 2 is 2.00 bits per heavy atom. The second kappa shape index (κ2) is 5.84. The molecule has 3 nitrogen and oxygen atoms in total. The number of rotatable bonds is 4. The summed E-state index contributed by atoms with van der Waals surface area (Å²) in [4.78, 5) is 8.32. The molecule has 0 aliphatic carbocycles. The highest BCUT2D eigenvalue weighted by molar-refractivity contribution is 5.21. The van der Waals surface area contributed by atoms with Crippen LogP contribution in [0.5, 0.6) is 0 Å². The Balaban J connectivity index is 2.03. The summed E-state index contributed by atoms with van der Waals surface area (Å²) >= 11 is 0. The lowest BCUT2D eigenvalue weighted by atomic mass is 10.1. The maximum absolute atomic E-state index is 13.6. The van der Waals surface area contributed by atoms with Gasteiger partial charge in [-0.1, -0.05) is 0 Å². The van der Waals surface area contributed by atoms with Crippen LogP contribution in [0.2, 0.25) is 0 Å². The summed E-state index contributed by atoms with van der Waals surface area (Å²) in [5.41, 5.74) is 1.90. The Labute approximate surface area is 110 Å². The molecule has 2 rings (SSSR count). The van der Waals surface area contributed by atoms with Crippen LogP contribution in [-0.2, 0) is 6.54 Å². The van der Waals surface area contributed by atoms with Crippen LogP contribution in [0.15, 0.2) is 30.6 Å². The molecule has 0 bridgehead atoms. The van der Waals surface area contributed by atoms with Gasteiger partial charge in [0.1, 0.15) is 11.6 Å². The van der Waals surface area contributed by atoms with Crippen molar-refractivity contribution >= 4 is 0 Å². The van der Waals surface area contributed by atoms with Gasteiger partial charge in [-0.3, -0.25) is 9.97 Å². The van der Waals surface area contributed by atoms with Gasteiger partial charge in [0.05, 0.1) is 11.4 Å². The molecule has 0 aliphatic heterocycles. The average molecular weight is 263 g/mol. The third-order valence-corrected chi connectivity index (χ3v) is 2.85. The Hall–Kier alpha value is -1.88. The van der Waals surface area contributed by atoms with Crippen molar-refractivity contribution in [3.05, 3.63) is 59.2 Å². The van der Waals surface area contributed by atoms with Gasteiger partial charge in [0.15, 0.2) is 0 Å². The van der Waals surface area contributed by atoms with Crippen LogP contribution in [0, 0.1) is 18.6 Å². The summed E-state index contributed by atoms with van der Waals surface area (Å²) < 4.78 is 26.7. The Morgan fingerprint density at radius 1 is 1.21 bits per heavy atom. The molecule has 0 saturated carbocycles. The molecule has 1 N–H and O–H groups in total. The first-order chi connectivity index (χ1) is 9.06. The van der Waals surface area contributed by atoms with Gasteiger partial charge in [-0.05, 0) is 32.0 Å². The molecule has 1 atom stereocenters. The Kier molecular flexibility index (Phi) is 4.16. The van der Waals surface area contributed by atoms with Gasteiger partial charge in [0, 0.05) is 30.5 Å². The van der Waals surface area contributed by atoms with Crippen LogP contribution in [-0.4, -0.2) is 9.97 Å². The molecule has 5 heteroatoms. The number of halogens is 2. The maximum atomic E-state index is 13.6. The van der Waals surface area contributed by atoms with Gasteiger partial charge >= 0.3 is 0 Å². The van der Waals surface area contributed by atoms with E-state index in [1.165, 1.54) is 6.07 Å². The molecule has 2 aromatic rings. The lowest BCUT2D eigenvalue weighted by Gasteiger charge is -2.14. The smallest absolute Gasteiger partial charge is 0.128 e. The number of nitrogens with zero attached hydrogens (tertiary/aromatic N) is 2. The summed E-state index contributed by atoms with van der Waals surface area (Å²) in [5.74, 6) is -0.864. The topological polar surface area (TPSA) is 37.8 Å². The van der Waals surface area contributed by atoms with E-state index in [9.17, 15) is 8.78 Å². The van der Waals surface area contributed by atoms with E-state index in [-0.39, 0.29) is 6.04 Å². The lowest BCUT2D eigenvalue weighted by molar-refractivity contribution is 0.515. The summed E-state index contributed by atoms with van der Waals surface area (Å²) in [6.45, 7) is 4.08. The third-order valence-electron chi connectivity index (χ3n) is 2.85. The van der Waals surface area contributed by atoms with E-state index in [0.29, 0.717) is 12.1 Å². The van der Waals surface area contributed by atoms with E-state index < -0.39 is 11.6 Å². The highest BCUT2D eigenvalue weighted by Gasteiger charge is 2.11. The van der Waals surface area contributed by atoms with E-state index >= 15 is 0 Å². The van der Waals surface area contributed by atoms with Crippen LogP contribution >= 0.6 is 0 Å². The fourth-order valence-electron chi connectivity index (χ4n) is 1.72. The van der Waals surface area contributed by atoms with Crippen molar-refractivity contribution in [1.82, 2.24) is 15.3 Å². The van der Waals surface area contributed by atoms with E-state index in [1.54, 1.807) is 19.3 Å². The molecule has 1 heterocycles. The van der Waals surface area contributed by atoms with Crippen LogP contribution in [0.1, 0.15) is 29.9 Å². The predicted molar refractivity (Wildman–Crippen MR) is 68.4 cm³/mol. The second-order valence-corrected chi connectivity index (χ2v) is 4.42. The van der Waals surface area contributed by atoms with Crippen LogP contribution in [0.25, 0.3) is 0 Å². The van der Waals surface area contributed by atoms with Gasteiger partial charge in [-0.25, -0.2) is 8.78 Å². The molecule has 0 saturated heterocycles. The highest BCUT2D eigenvalue weighted by atomic mass is 19.1. The van der Waals surface area contributed by atoms with Crippen molar-refractivity contribution in [2.24, 2.45) is 0 Å². The molecule has 0 aliphatic rings. The fraction of sp³-hybridized carbons (Fsp3) is 0.286. The Morgan fingerprint density at radius 3 is 2.68 bits per heavy atom. The fourth-order valence-corrected chi connectivity index (χ4v) is 1.72. The minimum absolute atomic E-state index is 0.306. The molecule has 0 amide bonds. The molecule has 19 heavy (non-hydrogen) atoms. The van der Waals surface area contributed by atoms with E-state index in [0.717, 1.165) is 23.5 Å². The summed E-state index contributed by atoms with van der Waals surface area (Å²) in [5, 5.41) is 3.09. The molecule has 1 unspecified atom stereocenters. The predicted octanol–water partition coefficient (Wildman–Crippen LogP) is 2.91. The van der Waals surface area contributed by atoms with Gasteiger partial charge in [-0.2, -0.15) is 0 Å². The number of hydrogen-bond acceptors (Lipinski definition) is 3. The maximum Gasteiger partial charge on any atom is 0.128 e. The van der Waals surface area contributed by atoms with Gasteiger partial charge < -0.3 is 5.32 Å². The van der Waals surface area contributed by atoms with Crippen molar-refractivity contribution in [3.8, 4) is 0 Å². The standard InChI is InChI=1S/C14H15F2N3/c1-9-6-19-12(7-17-9)8-18-10(2)13-5-11(15)3-4-14(13)16/h3-7,10,18H,8H2,1-2H3. The molecular formula is C14H15F2N3. The second-order valence-electron chi connectivity index (χ2n) is 4.42. The SMILES string of the molecule is Cc1cnc(CNC(C)c2cc(F)ccc2F)cn1. The highest BCUT2D eigenvalue weighted by Crippen LogP contribution is 2.18. The van der Waals surface area contributed by atoms with Crippen LogP contribution in [0.4, 0.5) is 8.78 Å². The van der Waals surface area contributed by atoms with Crippen molar-refractivity contribution in [2.45, 2.75) is 26.4 Å². The van der Waals surface area contributed by atoms with E-state index in [1.807, 2.05) is 6.92 Å². The molecule has 100 valence electrons. The molecule has 0 fully saturated rings. The van der Waals surface area contributed by atoms with Crippen molar-refractivity contribution in [2.75, 3.05) is 0 Å². The zero-order valence-corrected chi connectivity index (χ0v) is 10.8. The molecular weight excluding hydrogens is 248 g/mol. The van der Waals surface area contributed by atoms with E-state index in [4.69, 9.17) is 0 Å². The minimum atomic E-state index is -0.444. The quantitative estimate of drug-likeness (QED) is 0.921. The normalized spacial score (nSPS) is 12.4. The number of benzene rings is 1. The average Bonchev–Trinajstić information content (AvgIpc) is 2.40. The van der Waals surface area contributed by atoms with Crippen molar-refractivity contribution in [1.29, 1.82) is 0 Å². The lowest BCUT2D eigenvalue weighted by Crippen LogP contribution is -2.20.